The first kappa shape index (κ1) is 18.3. The average Bonchev–Trinajstić information content (AvgIpc) is 2.78. The van der Waals surface area contributed by atoms with E-state index in [4.69, 9.17) is 5.11 Å². The molecule has 0 saturated carbocycles. The van der Waals surface area contributed by atoms with Gasteiger partial charge in [-0.2, -0.15) is 0 Å². The summed E-state index contributed by atoms with van der Waals surface area (Å²) in [4.78, 5) is 11.0. The van der Waals surface area contributed by atoms with Gasteiger partial charge < -0.3 is 10.3 Å². The van der Waals surface area contributed by atoms with E-state index >= 15 is 0 Å². The van der Waals surface area contributed by atoms with Crippen LogP contribution in [0, 0.1) is 5.21 Å². The second-order valence-electron chi connectivity index (χ2n) is 6.29. The van der Waals surface area contributed by atoms with Gasteiger partial charge in [0.2, 0.25) is 0 Å². The molecule has 2 N–H and O–H groups in total. The quantitative estimate of drug-likeness (QED) is 0.614. The predicted octanol–water partition coefficient (Wildman–Crippen LogP) is 3.46. The van der Waals surface area contributed by atoms with Gasteiger partial charge in [0.15, 0.2) is 11.1 Å². The Morgan fingerprint density at radius 1 is 1.08 bits per heavy atom. The molecule has 6 heteroatoms. The van der Waals surface area contributed by atoms with Crippen molar-refractivity contribution < 1.29 is 19.8 Å². The molecule has 0 bridgehead atoms. The summed E-state index contributed by atoms with van der Waals surface area (Å²) in [5.74, 6) is -0.829. The Balaban J connectivity index is 2.64. The van der Waals surface area contributed by atoms with Crippen LogP contribution >= 0.6 is 0 Å². The molecule has 0 amide bonds. The Bertz CT molecular complexity index is 643. The van der Waals surface area contributed by atoms with Crippen molar-refractivity contribution in [3.8, 4) is 0 Å². The van der Waals surface area contributed by atoms with Gasteiger partial charge >= 0.3 is 11.8 Å². The van der Waals surface area contributed by atoms with E-state index < -0.39 is 17.0 Å². The van der Waals surface area contributed by atoms with Crippen molar-refractivity contribution in [2.45, 2.75) is 64.5 Å². The number of carboxylic acids is 1. The van der Waals surface area contributed by atoms with Crippen molar-refractivity contribution in [3.05, 3.63) is 40.6 Å². The number of benzene rings is 1. The van der Waals surface area contributed by atoms with Gasteiger partial charge in [-0.05, 0) is 49.9 Å². The molecule has 0 fully saturated rings. The van der Waals surface area contributed by atoms with Crippen LogP contribution in [0.1, 0.15) is 69.3 Å². The van der Waals surface area contributed by atoms with Crippen molar-refractivity contribution in [1.82, 2.24) is 5.06 Å². The summed E-state index contributed by atoms with van der Waals surface area (Å²) in [6, 6.07) is 6.04. The molecule has 0 atom stereocenters. The van der Waals surface area contributed by atoms with Gasteiger partial charge in [-0.3, -0.25) is 4.74 Å². The Hall–Kier alpha value is -2.08. The topological polar surface area (TPSA) is 86.8 Å². The van der Waals surface area contributed by atoms with Crippen LogP contribution in [0.3, 0.4) is 0 Å². The third kappa shape index (κ3) is 2.20. The summed E-state index contributed by atoms with van der Waals surface area (Å²) < 4.78 is 0.940. The predicted molar refractivity (Wildman–Crippen MR) is 91.4 cm³/mol. The van der Waals surface area contributed by atoms with E-state index in [1.807, 2.05) is 27.7 Å². The molecular formula is C18H26N2O4. The molecule has 0 aliphatic carbocycles. The molecule has 0 radical (unpaired) electrons. The molecule has 132 valence electrons. The number of aromatic carboxylic acids is 1. The largest absolute Gasteiger partial charge is 0.714 e. The Kier molecular flexibility index (Phi) is 4.90. The minimum Gasteiger partial charge on any atom is -0.714 e. The fraction of sp³-hybridized carbons (Fsp3) is 0.556. The third-order valence-electron chi connectivity index (χ3n) is 5.78. The molecule has 0 aromatic heterocycles. The number of amidine groups is 1. The Labute approximate surface area is 142 Å². The Morgan fingerprint density at radius 3 is 1.92 bits per heavy atom. The summed E-state index contributed by atoms with van der Waals surface area (Å²) in [5, 5.41) is 34.3. The first-order chi connectivity index (χ1) is 11.3. The van der Waals surface area contributed by atoms with Crippen molar-refractivity contribution in [2.75, 3.05) is 0 Å². The maximum Gasteiger partial charge on any atom is 0.335 e. The van der Waals surface area contributed by atoms with Crippen LogP contribution in [0.2, 0.25) is 0 Å². The standard InChI is InChI=1S/C18H26N2O4/c1-5-17(6-2)18(7-3,8-4)20(24)15(19(17)23)13-9-11-14(12-10-13)16(21)22/h9-12,23H,5-8H2,1-4H3,(H,21,22). The molecule has 6 nitrogen and oxygen atoms in total. The summed E-state index contributed by atoms with van der Waals surface area (Å²) in [7, 11) is 0. The average molecular weight is 334 g/mol. The lowest BCUT2D eigenvalue weighted by atomic mass is 9.70. The molecule has 0 spiro atoms. The fourth-order valence-corrected chi connectivity index (χ4v) is 4.28. The zero-order valence-electron chi connectivity index (χ0n) is 14.7. The summed E-state index contributed by atoms with van der Waals surface area (Å²) in [6.45, 7) is 7.91. The van der Waals surface area contributed by atoms with Crippen molar-refractivity contribution >= 4 is 11.8 Å². The molecule has 24 heavy (non-hydrogen) atoms. The monoisotopic (exact) mass is 334 g/mol. The highest BCUT2D eigenvalue weighted by atomic mass is 16.5. The molecule has 1 aliphatic rings. The lowest BCUT2D eigenvalue weighted by molar-refractivity contribution is -0.553. The highest BCUT2D eigenvalue weighted by Crippen LogP contribution is 2.46. The zero-order valence-corrected chi connectivity index (χ0v) is 14.7. The first-order valence-electron chi connectivity index (χ1n) is 8.52. The van der Waals surface area contributed by atoms with Gasteiger partial charge in [-0.15, -0.1) is 5.06 Å². The number of hydroxylamine groups is 3. The SMILES string of the molecule is CCC1(CC)N(O)C(c2ccc(C(=O)O)cc2)=[N+]([O-])C1(CC)CC. The summed E-state index contributed by atoms with van der Waals surface area (Å²) in [5.41, 5.74) is -0.716. The smallest absolute Gasteiger partial charge is 0.335 e. The van der Waals surface area contributed by atoms with E-state index in [0.717, 1.165) is 9.80 Å². The van der Waals surface area contributed by atoms with Crippen molar-refractivity contribution in [3.63, 3.8) is 0 Å². The van der Waals surface area contributed by atoms with E-state index in [-0.39, 0.29) is 11.4 Å². The highest BCUT2D eigenvalue weighted by molar-refractivity contribution is 5.97. The number of carbonyl (C=O) groups is 1. The molecule has 1 aromatic carbocycles. The van der Waals surface area contributed by atoms with Crippen molar-refractivity contribution in [1.29, 1.82) is 0 Å². The van der Waals surface area contributed by atoms with E-state index in [9.17, 15) is 15.2 Å². The summed E-state index contributed by atoms with van der Waals surface area (Å²) >= 11 is 0. The number of hydrogen-bond acceptors (Lipinski definition) is 4. The molecule has 1 aliphatic heterocycles. The van der Waals surface area contributed by atoms with Crippen LogP contribution in [-0.2, 0) is 0 Å². The minimum atomic E-state index is -1.02. The molecule has 0 saturated heterocycles. The maximum atomic E-state index is 13.2. The lowest BCUT2D eigenvalue weighted by Crippen LogP contribution is -2.60. The Morgan fingerprint density at radius 2 is 1.58 bits per heavy atom. The first-order valence-corrected chi connectivity index (χ1v) is 8.52. The zero-order chi connectivity index (χ0) is 18.1. The molecule has 2 rings (SSSR count). The number of carboxylic acid groups (broad SMARTS) is 1. The van der Waals surface area contributed by atoms with Gasteiger partial charge in [0, 0.05) is 0 Å². The summed E-state index contributed by atoms with van der Waals surface area (Å²) in [6.07, 6.45) is 2.50. The number of nitrogens with zero attached hydrogens (tertiary/aromatic N) is 2. The second kappa shape index (κ2) is 6.43. The third-order valence-corrected chi connectivity index (χ3v) is 5.78. The molecule has 0 unspecified atom stereocenters. The van der Waals surface area contributed by atoms with Crippen LogP contribution < -0.4 is 0 Å². The normalized spacial score (nSPS) is 19.0. The van der Waals surface area contributed by atoms with E-state index in [0.29, 0.717) is 31.2 Å². The molecule has 1 aromatic rings. The van der Waals surface area contributed by atoms with Gasteiger partial charge in [0.1, 0.15) is 0 Å². The van der Waals surface area contributed by atoms with Gasteiger partial charge in [0.25, 0.3) is 0 Å². The minimum absolute atomic E-state index is 0.147. The van der Waals surface area contributed by atoms with E-state index in [1.165, 1.54) is 12.1 Å². The molecular weight excluding hydrogens is 308 g/mol. The number of rotatable bonds is 6. The van der Waals surface area contributed by atoms with E-state index in [1.54, 1.807) is 12.1 Å². The number of hydrogen-bond donors (Lipinski definition) is 2. The van der Waals surface area contributed by atoms with Crippen LogP contribution in [0.4, 0.5) is 0 Å². The second-order valence-corrected chi connectivity index (χ2v) is 6.29. The fourth-order valence-electron chi connectivity index (χ4n) is 4.28. The lowest BCUT2D eigenvalue weighted by Gasteiger charge is -2.42. The van der Waals surface area contributed by atoms with Crippen LogP contribution in [0.5, 0.6) is 0 Å². The van der Waals surface area contributed by atoms with Gasteiger partial charge in [-0.1, -0.05) is 27.7 Å². The van der Waals surface area contributed by atoms with E-state index in [2.05, 4.69) is 0 Å². The maximum absolute atomic E-state index is 13.2. The van der Waals surface area contributed by atoms with Crippen LogP contribution in [0.15, 0.2) is 24.3 Å². The van der Waals surface area contributed by atoms with Gasteiger partial charge in [0.05, 0.1) is 11.1 Å². The van der Waals surface area contributed by atoms with Gasteiger partial charge in [-0.25, -0.2) is 10.0 Å². The van der Waals surface area contributed by atoms with Crippen molar-refractivity contribution in [2.24, 2.45) is 0 Å². The highest BCUT2D eigenvalue weighted by Gasteiger charge is 2.65. The molecule has 1 heterocycles. The van der Waals surface area contributed by atoms with Crippen LogP contribution in [-0.4, -0.2) is 43.0 Å². The van der Waals surface area contributed by atoms with Crippen LogP contribution in [0.25, 0.3) is 0 Å².